The van der Waals surface area contributed by atoms with Gasteiger partial charge in [0.2, 0.25) is 0 Å². The molecular weight excluding hydrogens is 210 g/mol. The highest BCUT2D eigenvalue weighted by Crippen LogP contribution is 2.25. The minimum absolute atomic E-state index is 0.0237. The van der Waals surface area contributed by atoms with Gasteiger partial charge in [0.15, 0.2) is 0 Å². The van der Waals surface area contributed by atoms with Gasteiger partial charge in [-0.1, -0.05) is 0 Å². The molecule has 4 nitrogen and oxygen atoms in total. The van der Waals surface area contributed by atoms with Gasteiger partial charge in [0.25, 0.3) is 5.91 Å². The zero-order chi connectivity index (χ0) is 10.8. The molecule has 1 heterocycles. The number of nitrogens with zero attached hydrogens (tertiary/aromatic N) is 2. The van der Waals surface area contributed by atoms with Crippen molar-refractivity contribution in [2.24, 2.45) is 5.73 Å². The van der Waals surface area contributed by atoms with Gasteiger partial charge in [0.05, 0.1) is 0 Å². The molecular formula is C10H15N3OS. The number of carbonyl (C=O) groups excluding carboxylic acids is 1. The summed E-state index contributed by atoms with van der Waals surface area (Å²) < 4.78 is 0. The quantitative estimate of drug-likeness (QED) is 0.841. The number of amides is 1. The van der Waals surface area contributed by atoms with Crippen molar-refractivity contribution in [3.05, 3.63) is 16.1 Å². The molecule has 1 fully saturated rings. The van der Waals surface area contributed by atoms with Crippen molar-refractivity contribution in [3.8, 4) is 0 Å². The van der Waals surface area contributed by atoms with E-state index in [4.69, 9.17) is 5.73 Å². The molecule has 0 atom stereocenters. The van der Waals surface area contributed by atoms with Crippen LogP contribution >= 0.6 is 11.3 Å². The average molecular weight is 225 g/mol. The van der Waals surface area contributed by atoms with Gasteiger partial charge in [-0.25, -0.2) is 4.98 Å². The summed E-state index contributed by atoms with van der Waals surface area (Å²) in [4.78, 5) is 17.9. The van der Waals surface area contributed by atoms with Crippen LogP contribution in [0, 0.1) is 0 Å². The van der Waals surface area contributed by atoms with Crippen LogP contribution in [0.25, 0.3) is 0 Å². The predicted molar refractivity (Wildman–Crippen MR) is 59.7 cm³/mol. The van der Waals surface area contributed by atoms with Gasteiger partial charge in [-0.05, 0) is 19.3 Å². The van der Waals surface area contributed by atoms with Crippen LogP contribution in [0.2, 0.25) is 0 Å². The molecule has 1 amide bonds. The second-order valence-electron chi connectivity index (χ2n) is 3.83. The molecule has 0 bridgehead atoms. The van der Waals surface area contributed by atoms with Crippen LogP contribution in [0.5, 0.6) is 0 Å². The van der Waals surface area contributed by atoms with E-state index in [1.165, 1.54) is 17.8 Å². The smallest absolute Gasteiger partial charge is 0.273 e. The number of hydrogen-bond donors (Lipinski definition) is 1. The third-order valence-electron chi connectivity index (χ3n) is 2.89. The molecule has 1 aromatic heterocycles. The second kappa shape index (κ2) is 4.28. The first-order chi connectivity index (χ1) is 7.22. The highest BCUT2D eigenvalue weighted by molar-refractivity contribution is 7.09. The van der Waals surface area contributed by atoms with E-state index in [1.807, 2.05) is 7.05 Å². The summed E-state index contributed by atoms with van der Waals surface area (Å²) in [6.07, 6.45) is 3.47. The number of aromatic nitrogens is 1. The van der Waals surface area contributed by atoms with Gasteiger partial charge in [-0.2, -0.15) is 0 Å². The number of thiazole rings is 1. The third-order valence-corrected chi connectivity index (χ3v) is 3.76. The van der Waals surface area contributed by atoms with Crippen molar-refractivity contribution in [2.45, 2.75) is 31.8 Å². The van der Waals surface area contributed by atoms with Crippen LogP contribution in [0.3, 0.4) is 0 Å². The van der Waals surface area contributed by atoms with Crippen LogP contribution in [0.15, 0.2) is 5.38 Å². The molecule has 2 N–H and O–H groups in total. The van der Waals surface area contributed by atoms with Gasteiger partial charge in [0.1, 0.15) is 10.7 Å². The Kier molecular flexibility index (Phi) is 3.02. The van der Waals surface area contributed by atoms with Crippen molar-refractivity contribution in [3.63, 3.8) is 0 Å². The lowest BCUT2D eigenvalue weighted by atomic mass is 9.92. The van der Waals surface area contributed by atoms with Crippen LogP contribution in [-0.4, -0.2) is 28.9 Å². The van der Waals surface area contributed by atoms with Gasteiger partial charge < -0.3 is 10.6 Å². The Morgan fingerprint density at radius 1 is 1.73 bits per heavy atom. The Morgan fingerprint density at radius 3 is 2.93 bits per heavy atom. The van der Waals surface area contributed by atoms with Crippen molar-refractivity contribution in [1.29, 1.82) is 0 Å². The van der Waals surface area contributed by atoms with E-state index < -0.39 is 0 Å². The summed E-state index contributed by atoms with van der Waals surface area (Å²) in [6, 6.07) is 0.417. The maximum Gasteiger partial charge on any atom is 0.273 e. The van der Waals surface area contributed by atoms with E-state index in [-0.39, 0.29) is 5.91 Å². The fourth-order valence-electron chi connectivity index (χ4n) is 1.62. The predicted octanol–water partition coefficient (Wildman–Crippen LogP) is 1.23. The van der Waals surface area contributed by atoms with E-state index in [9.17, 15) is 4.79 Å². The Balaban J connectivity index is 2.05. The summed E-state index contributed by atoms with van der Waals surface area (Å²) in [6.45, 7) is 0.408. The number of hydrogen-bond acceptors (Lipinski definition) is 4. The third kappa shape index (κ3) is 2.03. The fourth-order valence-corrected chi connectivity index (χ4v) is 2.27. The first-order valence-corrected chi connectivity index (χ1v) is 6.02. The molecule has 0 saturated heterocycles. The molecule has 0 spiro atoms. The highest BCUT2D eigenvalue weighted by Gasteiger charge is 2.27. The zero-order valence-corrected chi connectivity index (χ0v) is 9.59. The van der Waals surface area contributed by atoms with E-state index in [0.717, 1.165) is 17.8 Å². The van der Waals surface area contributed by atoms with Crippen LogP contribution in [0.4, 0.5) is 0 Å². The molecule has 0 radical (unpaired) electrons. The minimum Gasteiger partial charge on any atom is -0.337 e. The number of nitrogens with two attached hydrogens (primary N) is 1. The first-order valence-electron chi connectivity index (χ1n) is 5.14. The molecule has 0 unspecified atom stereocenters. The Hall–Kier alpha value is -0.940. The molecule has 1 saturated carbocycles. The summed E-state index contributed by atoms with van der Waals surface area (Å²) in [5, 5.41) is 2.61. The number of rotatable bonds is 3. The number of carbonyl (C=O) groups is 1. The van der Waals surface area contributed by atoms with E-state index in [2.05, 4.69) is 4.98 Å². The Bertz CT molecular complexity index is 359. The average Bonchev–Trinajstić information content (AvgIpc) is 2.61. The van der Waals surface area contributed by atoms with E-state index in [0.29, 0.717) is 18.3 Å². The van der Waals surface area contributed by atoms with E-state index >= 15 is 0 Å². The minimum atomic E-state index is 0.0237. The topological polar surface area (TPSA) is 59.2 Å². The van der Waals surface area contributed by atoms with Crippen molar-refractivity contribution < 1.29 is 4.79 Å². The lowest BCUT2D eigenvalue weighted by Crippen LogP contribution is -2.41. The molecule has 5 heteroatoms. The monoisotopic (exact) mass is 225 g/mol. The second-order valence-corrected chi connectivity index (χ2v) is 4.77. The van der Waals surface area contributed by atoms with Crippen LogP contribution < -0.4 is 5.73 Å². The van der Waals surface area contributed by atoms with Crippen molar-refractivity contribution in [2.75, 3.05) is 7.05 Å². The van der Waals surface area contributed by atoms with Crippen LogP contribution in [0.1, 0.15) is 34.8 Å². The van der Waals surface area contributed by atoms with Crippen molar-refractivity contribution >= 4 is 17.2 Å². The Morgan fingerprint density at radius 2 is 2.47 bits per heavy atom. The molecule has 1 aliphatic carbocycles. The van der Waals surface area contributed by atoms with Gasteiger partial charge in [-0.3, -0.25) is 4.79 Å². The summed E-state index contributed by atoms with van der Waals surface area (Å²) >= 11 is 1.45. The zero-order valence-electron chi connectivity index (χ0n) is 8.77. The standard InChI is InChI=1S/C10H15N3OS/c1-13(7-3-2-4-7)10(14)8-6-15-9(5-11)12-8/h6-7H,2-5,11H2,1H3. The van der Waals surface area contributed by atoms with Gasteiger partial charge in [0, 0.05) is 25.0 Å². The largest absolute Gasteiger partial charge is 0.337 e. The normalized spacial score (nSPS) is 16.1. The Labute approximate surface area is 93.1 Å². The lowest BCUT2D eigenvalue weighted by Gasteiger charge is -2.34. The summed E-state index contributed by atoms with van der Waals surface area (Å²) in [5.74, 6) is 0.0237. The molecule has 2 rings (SSSR count). The van der Waals surface area contributed by atoms with Crippen molar-refractivity contribution in [1.82, 2.24) is 9.88 Å². The molecule has 0 aromatic carbocycles. The molecule has 1 aliphatic rings. The molecule has 0 aliphatic heterocycles. The SMILES string of the molecule is CN(C(=O)c1csc(CN)n1)C1CCC1. The maximum atomic E-state index is 11.9. The molecule has 15 heavy (non-hydrogen) atoms. The molecule has 1 aromatic rings. The van der Waals surface area contributed by atoms with Gasteiger partial charge in [-0.15, -0.1) is 11.3 Å². The van der Waals surface area contributed by atoms with Gasteiger partial charge >= 0.3 is 0 Å². The molecule has 82 valence electrons. The lowest BCUT2D eigenvalue weighted by molar-refractivity contribution is 0.0646. The maximum absolute atomic E-state index is 11.9. The summed E-state index contributed by atoms with van der Waals surface area (Å²) in [7, 11) is 1.85. The highest BCUT2D eigenvalue weighted by atomic mass is 32.1. The van der Waals surface area contributed by atoms with E-state index in [1.54, 1.807) is 10.3 Å². The summed E-state index contributed by atoms with van der Waals surface area (Å²) in [5.41, 5.74) is 6.00. The van der Waals surface area contributed by atoms with Crippen LogP contribution in [-0.2, 0) is 6.54 Å². The fraction of sp³-hybridized carbons (Fsp3) is 0.600. The first kappa shape index (κ1) is 10.6.